The number of carbonyl (C=O) groups is 1. The summed E-state index contributed by atoms with van der Waals surface area (Å²) < 4.78 is 2.06. The van der Waals surface area contributed by atoms with Gasteiger partial charge in [-0.3, -0.25) is 9.48 Å². The summed E-state index contributed by atoms with van der Waals surface area (Å²) in [5.41, 5.74) is 5.83. The van der Waals surface area contributed by atoms with Gasteiger partial charge in [0.15, 0.2) is 0 Å². The number of benzene rings is 1. The number of H-pyrrole nitrogens is 1. The Morgan fingerprint density at radius 2 is 1.93 bits per heavy atom. The Morgan fingerprint density at radius 1 is 1.21 bits per heavy atom. The van der Waals surface area contributed by atoms with Crippen LogP contribution in [-0.2, 0) is 17.8 Å². The van der Waals surface area contributed by atoms with Gasteiger partial charge in [-0.15, -0.1) is 0 Å². The molecule has 5 nitrogen and oxygen atoms in total. The number of aromatic amines is 1. The third-order valence-corrected chi connectivity index (χ3v) is 6.31. The Bertz CT molecular complexity index is 1010. The molecule has 29 heavy (non-hydrogen) atoms. The van der Waals surface area contributed by atoms with Crippen molar-refractivity contribution in [3.63, 3.8) is 0 Å². The highest BCUT2D eigenvalue weighted by atomic mass is 16.2. The molecule has 1 aliphatic heterocycles. The first kappa shape index (κ1) is 19.7. The first-order valence-electron chi connectivity index (χ1n) is 10.8. The minimum Gasteiger partial charge on any atom is -0.361 e. The number of nitrogens with zero attached hydrogens (tertiary/aromatic N) is 3. The van der Waals surface area contributed by atoms with Crippen molar-refractivity contribution in [2.75, 3.05) is 13.1 Å². The molecular formula is C24H32N4O. The highest BCUT2D eigenvalue weighted by molar-refractivity contribution is 5.84. The maximum atomic E-state index is 13.0. The van der Waals surface area contributed by atoms with Crippen LogP contribution in [0.4, 0.5) is 0 Å². The van der Waals surface area contributed by atoms with Crippen molar-refractivity contribution >= 4 is 16.8 Å². The van der Waals surface area contributed by atoms with E-state index in [4.69, 9.17) is 0 Å². The Labute approximate surface area is 173 Å². The van der Waals surface area contributed by atoms with E-state index in [0.29, 0.717) is 18.3 Å². The second kappa shape index (κ2) is 8.05. The van der Waals surface area contributed by atoms with Crippen LogP contribution in [0.5, 0.6) is 0 Å². The SMILES string of the molecule is Cc1nn(CC(C)C)c(C)c1CC(=O)N1CCC(c2c[nH]c3ccccc23)CC1. The van der Waals surface area contributed by atoms with E-state index in [1.165, 1.54) is 16.5 Å². The van der Waals surface area contributed by atoms with Gasteiger partial charge in [0, 0.05) is 48.0 Å². The van der Waals surface area contributed by atoms with Crippen molar-refractivity contribution in [2.45, 2.75) is 59.4 Å². The second-order valence-electron chi connectivity index (χ2n) is 8.85. The number of amides is 1. The number of likely N-dealkylation sites (tertiary alicyclic amines) is 1. The number of nitrogens with one attached hydrogen (secondary N) is 1. The molecule has 3 heterocycles. The van der Waals surface area contributed by atoms with Crippen LogP contribution >= 0.6 is 0 Å². The first-order chi connectivity index (χ1) is 13.9. The topological polar surface area (TPSA) is 53.9 Å². The number of aryl methyl sites for hydroxylation is 1. The molecule has 0 aliphatic carbocycles. The first-order valence-corrected chi connectivity index (χ1v) is 10.8. The number of piperidine rings is 1. The smallest absolute Gasteiger partial charge is 0.227 e. The highest BCUT2D eigenvalue weighted by Gasteiger charge is 2.26. The molecule has 5 heteroatoms. The molecular weight excluding hydrogens is 360 g/mol. The Hall–Kier alpha value is -2.56. The molecule has 3 aromatic rings. The van der Waals surface area contributed by atoms with E-state index < -0.39 is 0 Å². The Kier molecular flexibility index (Phi) is 5.48. The molecule has 2 aromatic heterocycles. The van der Waals surface area contributed by atoms with E-state index in [-0.39, 0.29) is 5.91 Å². The van der Waals surface area contributed by atoms with Gasteiger partial charge in [0.05, 0.1) is 12.1 Å². The van der Waals surface area contributed by atoms with Crippen LogP contribution in [0.15, 0.2) is 30.5 Å². The van der Waals surface area contributed by atoms with Crippen LogP contribution in [0, 0.1) is 19.8 Å². The zero-order valence-electron chi connectivity index (χ0n) is 18.0. The van der Waals surface area contributed by atoms with Gasteiger partial charge < -0.3 is 9.88 Å². The lowest BCUT2D eigenvalue weighted by molar-refractivity contribution is -0.131. The van der Waals surface area contributed by atoms with Gasteiger partial charge in [-0.25, -0.2) is 0 Å². The molecule has 0 spiro atoms. The van der Waals surface area contributed by atoms with Crippen LogP contribution < -0.4 is 0 Å². The fourth-order valence-corrected chi connectivity index (χ4v) is 4.65. The van der Waals surface area contributed by atoms with Gasteiger partial charge >= 0.3 is 0 Å². The molecule has 0 atom stereocenters. The fourth-order valence-electron chi connectivity index (χ4n) is 4.65. The zero-order valence-corrected chi connectivity index (χ0v) is 18.0. The molecule has 0 unspecified atom stereocenters. The number of carbonyl (C=O) groups excluding carboxylic acids is 1. The maximum absolute atomic E-state index is 13.0. The predicted molar refractivity (Wildman–Crippen MR) is 117 cm³/mol. The average molecular weight is 393 g/mol. The molecule has 1 fully saturated rings. The van der Waals surface area contributed by atoms with E-state index in [1.54, 1.807) is 0 Å². The monoisotopic (exact) mass is 392 g/mol. The summed E-state index contributed by atoms with van der Waals surface area (Å²) in [5, 5.41) is 5.99. The lowest BCUT2D eigenvalue weighted by Crippen LogP contribution is -2.38. The van der Waals surface area contributed by atoms with Crippen molar-refractivity contribution in [3.8, 4) is 0 Å². The predicted octanol–water partition coefficient (Wildman–Crippen LogP) is 4.59. The number of hydrogen-bond acceptors (Lipinski definition) is 2. The average Bonchev–Trinajstić information content (AvgIpc) is 3.24. The van der Waals surface area contributed by atoms with Gasteiger partial charge in [0.2, 0.25) is 5.91 Å². The lowest BCUT2D eigenvalue weighted by atomic mass is 9.89. The van der Waals surface area contributed by atoms with E-state index in [2.05, 4.69) is 66.0 Å². The summed E-state index contributed by atoms with van der Waals surface area (Å²) in [7, 11) is 0. The van der Waals surface area contributed by atoms with Gasteiger partial charge in [0.25, 0.3) is 0 Å². The lowest BCUT2D eigenvalue weighted by Gasteiger charge is -2.32. The number of hydrogen-bond donors (Lipinski definition) is 1. The Balaban J connectivity index is 1.40. The summed E-state index contributed by atoms with van der Waals surface area (Å²) in [6.07, 6.45) is 4.67. The highest BCUT2D eigenvalue weighted by Crippen LogP contribution is 2.33. The van der Waals surface area contributed by atoms with Crippen molar-refractivity contribution in [1.82, 2.24) is 19.7 Å². The normalized spacial score (nSPS) is 15.6. The van der Waals surface area contributed by atoms with Crippen LogP contribution in [0.3, 0.4) is 0 Å². The fraction of sp³-hybridized carbons (Fsp3) is 0.500. The number of fused-ring (bicyclic) bond motifs is 1. The van der Waals surface area contributed by atoms with Crippen LogP contribution in [0.2, 0.25) is 0 Å². The van der Waals surface area contributed by atoms with Crippen LogP contribution in [0.25, 0.3) is 10.9 Å². The van der Waals surface area contributed by atoms with E-state index in [0.717, 1.165) is 49.4 Å². The van der Waals surface area contributed by atoms with Gasteiger partial charge in [-0.05, 0) is 50.2 Å². The Morgan fingerprint density at radius 3 is 2.66 bits per heavy atom. The molecule has 0 saturated carbocycles. The molecule has 1 saturated heterocycles. The van der Waals surface area contributed by atoms with Gasteiger partial charge in [0.1, 0.15) is 0 Å². The summed E-state index contributed by atoms with van der Waals surface area (Å²) >= 11 is 0. The second-order valence-corrected chi connectivity index (χ2v) is 8.85. The van der Waals surface area contributed by atoms with Crippen molar-refractivity contribution < 1.29 is 4.79 Å². The summed E-state index contributed by atoms with van der Waals surface area (Å²) in [4.78, 5) is 18.4. The molecule has 4 rings (SSSR count). The summed E-state index contributed by atoms with van der Waals surface area (Å²) in [6.45, 7) is 11.1. The molecule has 1 N–H and O–H groups in total. The maximum Gasteiger partial charge on any atom is 0.227 e. The molecule has 154 valence electrons. The third kappa shape index (κ3) is 3.96. The summed E-state index contributed by atoms with van der Waals surface area (Å²) in [6, 6.07) is 8.49. The van der Waals surface area contributed by atoms with E-state index in [9.17, 15) is 4.79 Å². The van der Waals surface area contributed by atoms with Crippen molar-refractivity contribution in [3.05, 3.63) is 53.0 Å². The quantitative estimate of drug-likeness (QED) is 0.691. The van der Waals surface area contributed by atoms with E-state index >= 15 is 0 Å². The molecule has 0 bridgehead atoms. The molecule has 0 radical (unpaired) electrons. The largest absolute Gasteiger partial charge is 0.361 e. The van der Waals surface area contributed by atoms with Crippen molar-refractivity contribution in [1.29, 1.82) is 0 Å². The van der Waals surface area contributed by atoms with Gasteiger partial charge in [-0.1, -0.05) is 32.0 Å². The molecule has 1 amide bonds. The summed E-state index contributed by atoms with van der Waals surface area (Å²) in [5.74, 6) is 1.30. The molecule has 1 aliphatic rings. The minimum atomic E-state index is 0.234. The number of rotatable bonds is 5. The molecule has 1 aromatic carbocycles. The van der Waals surface area contributed by atoms with Crippen LogP contribution in [0.1, 0.15) is 55.1 Å². The van der Waals surface area contributed by atoms with Gasteiger partial charge in [-0.2, -0.15) is 5.10 Å². The third-order valence-electron chi connectivity index (χ3n) is 6.31. The minimum absolute atomic E-state index is 0.234. The standard InChI is InChI=1S/C24H32N4O/c1-16(2)15-28-18(4)21(17(3)26-28)13-24(29)27-11-9-19(10-12-27)22-14-25-23-8-6-5-7-20(22)23/h5-8,14,16,19,25H,9-13,15H2,1-4H3. The van der Waals surface area contributed by atoms with Crippen LogP contribution in [-0.4, -0.2) is 38.7 Å². The zero-order chi connectivity index (χ0) is 20.5. The van der Waals surface area contributed by atoms with Crippen molar-refractivity contribution in [2.24, 2.45) is 5.92 Å². The van der Waals surface area contributed by atoms with E-state index in [1.807, 2.05) is 11.8 Å². The number of aromatic nitrogens is 3. The number of para-hydroxylation sites is 1.